The molecule has 0 bridgehead atoms. The van der Waals surface area contributed by atoms with Crippen LogP contribution in [0.25, 0.3) is 0 Å². The summed E-state index contributed by atoms with van der Waals surface area (Å²) in [6.07, 6.45) is -0.997. The van der Waals surface area contributed by atoms with Crippen LogP contribution in [0.2, 0.25) is 10.2 Å². The summed E-state index contributed by atoms with van der Waals surface area (Å²) in [6, 6.07) is 1.41. The zero-order chi connectivity index (χ0) is 13.3. The van der Waals surface area contributed by atoms with Crippen molar-refractivity contribution in [3.05, 3.63) is 21.9 Å². The van der Waals surface area contributed by atoms with Crippen molar-refractivity contribution in [2.45, 2.75) is 6.10 Å². The van der Waals surface area contributed by atoms with Gasteiger partial charge in [0.2, 0.25) is 0 Å². The quantitative estimate of drug-likeness (QED) is 0.859. The third kappa shape index (κ3) is 2.60. The fourth-order valence-corrected chi connectivity index (χ4v) is 1.99. The van der Waals surface area contributed by atoms with E-state index in [1.165, 1.54) is 11.0 Å². The first-order valence-electron chi connectivity index (χ1n) is 5.16. The van der Waals surface area contributed by atoms with Crippen molar-refractivity contribution in [2.24, 2.45) is 0 Å². The van der Waals surface area contributed by atoms with Crippen LogP contribution in [0.4, 0.5) is 0 Å². The Morgan fingerprint density at radius 2 is 2.22 bits per heavy atom. The summed E-state index contributed by atoms with van der Waals surface area (Å²) in [5.41, 5.74) is 0.232. The number of morpholine rings is 1. The molecule has 0 aliphatic carbocycles. The lowest BCUT2D eigenvalue weighted by Crippen LogP contribution is -2.48. The average molecular weight is 293 g/mol. The van der Waals surface area contributed by atoms with Crippen LogP contribution in [0.5, 0.6) is 0 Å². The van der Waals surface area contributed by atoms with Gasteiger partial charge in [-0.05, 0) is 6.07 Å². The van der Waals surface area contributed by atoms with Crippen molar-refractivity contribution in [1.29, 1.82) is 0 Å². The molecule has 1 amide bonds. The van der Waals surface area contributed by atoms with Gasteiger partial charge in [-0.2, -0.15) is 0 Å². The minimum atomic E-state index is -1.09. The van der Waals surface area contributed by atoms with Gasteiger partial charge in [0.1, 0.15) is 10.8 Å². The Hall–Kier alpha value is -1.24. The number of aromatic amines is 1. The number of carboxylic acid groups (broad SMARTS) is 1. The fraction of sp³-hybridized carbons (Fsp3) is 0.400. The van der Waals surface area contributed by atoms with E-state index in [-0.39, 0.29) is 34.9 Å². The van der Waals surface area contributed by atoms with Crippen LogP contribution in [-0.4, -0.2) is 52.7 Å². The van der Waals surface area contributed by atoms with Crippen LogP contribution in [0.1, 0.15) is 10.5 Å². The number of hydrogen-bond donors (Lipinski definition) is 2. The van der Waals surface area contributed by atoms with Crippen LogP contribution >= 0.6 is 23.2 Å². The van der Waals surface area contributed by atoms with Gasteiger partial charge in [-0.3, -0.25) is 4.79 Å². The zero-order valence-corrected chi connectivity index (χ0v) is 10.7. The molecule has 1 aromatic heterocycles. The molecule has 0 radical (unpaired) electrons. The van der Waals surface area contributed by atoms with Crippen LogP contribution in [0.3, 0.4) is 0 Å². The van der Waals surface area contributed by atoms with E-state index in [9.17, 15) is 9.59 Å². The van der Waals surface area contributed by atoms with Gasteiger partial charge in [0.15, 0.2) is 6.10 Å². The Bertz CT molecular complexity index is 469. The van der Waals surface area contributed by atoms with E-state index in [1.54, 1.807) is 0 Å². The molecule has 18 heavy (non-hydrogen) atoms. The van der Waals surface area contributed by atoms with E-state index in [0.717, 1.165) is 0 Å². The van der Waals surface area contributed by atoms with Crippen molar-refractivity contribution in [3.8, 4) is 0 Å². The molecular formula is C10H10Cl2N2O4. The van der Waals surface area contributed by atoms with Gasteiger partial charge in [0.05, 0.1) is 18.2 Å². The van der Waals surface area contributed by atoms with Gasteiger partial charge in [0, 0.05) is 6.54 Å². The first-order valence-corrected chi connectivity index (χ1v) is 5.92. The van der Waals surface area contributed by atoms with Crippen molar-refractivity contribution in [3.63, 3.8) is 0 Å². The van der Waals surface area contributed by atoms with Gasteiger partial charge < -0.3 is 19.7 Å². The molecule has 8 heteroatoms. The molecule has 0 spiro atoms. The third-order valence-electron chi connectivity index (χ3n) is 2.58. The Morgan fingerprint density at radius 1 is 1.50 bits per heavy atom. The van der Waals surface area contributed by atoms with E-state index in [2.05, 4.69) is 4.98 Å². The summed E-state index contributed by atoms with van der Waals surface area (Å²) in [6.45, 7) is 0.518. The predicted molar refractivity (Wildman–Crippen MR) is 64.1 cm³/mol. The molecule has 98 valence electrons. The largest absolute Gasteiger partial charge is 0.479 e. The number of halogens is 2. The van der Waals surface area contributed by atoms with Crippen molar-refractivity contribution in [1.82, 2.24) is 9.88 Å². The lowest BCUT2D eigenvalue weighted by molar-refractivity contribution is -0.154. The molecule has 2 N–H and O–H groups in total. The molecule has 6 nitrogen and oxygen atoms in total. The summed E-state index contributed by atoms with van der Waals surface area (Å²) >= 11 is 11.5. The maximum atomic E-state index is 12.1. The highest BCUT2D eigenvalue weighted by atomic mass is 35.5. The molecule has 1 aromatic rings. The highest BCUT2D eigenvalue weighted by molar-refractivity contribution is 6.41. The molecule has 0 aromatic carbocycles. The van der Waals surface area contributed by atoms with Crippen LogP contribution in [0.15, 0.2) is 6.07 Å². The van der Waals surface area contributed by atoms with Crippen molar-refractivity contribution < 1.29 is 19.4 Å². The Morgan fingerprint density at radius 3 is 2.78 bits per heavy atom. The Balaban J connectivity index is 2.11. The van der Waals surface area contributed by atoms with Crippen molar-refractivity contribution in [2.75, 3.05) is 19.7 Å². The highest BCUT2D eigenvalue weighted by Gasteiger charge is 2.30. The molecule has 0 unspecified atom stereocenters. The number of aromatic nitrogens is 1. The van der Waals surface area contributed by atoms with Gasteiger partial charge in [-0.25, -0.2) is 4.79 Å². The van der Waals surface area contributed by atoms with Crippen LogP contribution in [0, 0.1) is 0 Å². The maximum absolute atomic E-state index is 12.1. The molecular weight excluding hydrogens is 283 g/mol. The van der Waals surface area contributed by atoms with E-state index in [1.807, 2.05) is 0 Å². The molecule has 0 saturated carbocycles. The Kier molecular flexibility index (Phi) is 3.79. The van der Waals surface area contributed by atoms with E-state index in [0.29, 0.717) is 6.54 Å². The van der Waals surface area contributed by atoms with E-state index >= 15 is 0 Å². The van der Waals surface area contributed by atoms with Crippen LogP contribution < -0.4 is 0 Å². The van der Waals surface area contributed by atoms with Crippen molar-refractivity contribution >= 4 is 35.1 Å². The smallest absolute Gasteiger partial charge is 0.334 e. The fourth-order valence-electron chi connectivity index (χ4n) is 1.67. The van der Waals surface area contributed by atoms with Gasteiger partial charge in [0.25, 0.3) is 5.91 Å². The Labute approximate surface area is 112 Å². The summed E-state index contributed by atoms with van der Waals surface area (Å²) in [5, 5.41) is 9.28. The SMILES string of the molecule is O=C(O)[C@H]1CN(C(=O)c2cc(Cl)c(Cl)[nH]2)CCO1. The van der Waals surface area contributed by atoms with Crippen LogP contribution in [-0.2, 0) is 9.53 Å². The summed E-state index contributed by atoms with van der Waals surface area (Å²) in [5.74, 6) is -1.44. The predicted octanol–water partition coefficient (Wildman–Crippen LogP) is 1.25. The average Bonchev–Trinajstić information content (AvgIpc) is 2.69. The summed E-state index contributed by atoms with van der Waals surface area (Å²) < 4.78 is 5.03. The first-order chi connectivity index (χ1) is 8.49. The standard InChI is InChI=1S/C10H10Cl2N2O4/c11-5-3-6(13-8(5)12)9(15)14-1-2-18-7(4-14)10(16)17/h3,7,13H,1-2,4H2,(H,16,17)/t7-/m1/s1. The number of amides is 1. The number of carbonyl (C=O) groups is 2. The second-order valence-corrected chi connectivity index (χ2v) is 4.58. The minimum absolute atomic E-state index is 0.00241. The lowest BCUT2D eigenvalue weighted by Gasteiger charge is -2.30. The number of aliphatic carboxylic acids is 1. The second-order valence-electron chi connectivity index (χ2n) is 3.79. The lowest BCUT2D eigenvalue weighted by atomic mass is 10.2. The summed E-state index contributed by atoms with van der Waals surface area (Å²) in [7, 11) is 0. The first kappa shape index (κ1) is 13.2. The monoisotopic (exact) mass is 292 g/mol. The molecule has 2 heterocycles. The van der Waals surface area contributed by atoms with E-state index in [4.69, 9.17) is 33.0 Å². The number of rotatable bonds is 2. The number of nitrogens with zero attached hydrogens (tertiary/aromatic N) is 1. The number of carboxylic acids is 1. The van der Waals surface area contributed by atoms with Gasteiger partial charge in [-0.1, -0.05) is 23.2 Å². The molecule has 1 fully saturated rings. The number of ether oxygens (including phenoxy) is 1. The molecule has 1 atom stereocenters. The minimum Gasteiger partial charge on any atom is -0.479 e. The number of hydrogen-bond acceptors (Lipinski definition) is 3. The molecule has 2 rings (SSSR count). The normalized spacial score (nSPS) is 19.9. The van der Waals surface area contributed by atoms with Gasteiger partial charge >= 0.3 is 5.97 Å². The molecule has 1 saturated heterocycles. The van der Waals surface area contributed by atoms with Gasteiger partial charge in [-0.15, -0.1) is 0 Å². The zero-order valence-electron chi connectivity index (χ0n) is 9.15. The number of carbonyl (C=O) groups excluding carboxylic acids is 1. The topological polar surface area (TPSA) is 82.6 Å². The highest BCUT2D eigenvalue weighted by Crippen LogP contribution is 2.23. The molecule has 1 aliphatic heterocycles. The second kappa shape index (κ2) is 5.17. The third-order valence-corrected chi connectivity index (χ3v) is 3.28. The maximum Gasteiger partial charge on any atom is 0.334 e. The number of H-pyrrole nitrogens is 1. The number of nitrogens with one attached hydrogen (secondary N) is 1. The molecule has 1 aliphatic rings. The summed E-state index contributed by atoms with van der Waals surface area (Å²) in [4.78, 5) is 26.9. The van der Waals surface area contributed by atoms with E-state index < -0.39 is 12.1 Å².